The summed E-state index contributed by atoms with van der Waals surface area (Å²) in [6.45, 7) is 3.77. The standard InChI is InChI=1S/C20H20N4O2/c1-14-11-23(2)17-5-3-4-6-18(17)24(12-14)20(25)16-9-7-15(8-10-16)19-21-13-26-22-19/h3-10,13-14H,11-12H2,1-2H3/t14-/m0/s1. The third-order valence-electron chi connectivity index (χ3n) is 4.66. The molecule has 3 aromatic rings. The molecule has 2 heterocycles. The van der Waals surface area contributed by atoms with Gasteiger partial charge in [-0.3, -0.25) is 4.79 Å². The maximum atomic E-state index is 13.2. The number of amides is 1. The summed E-state index contributed by atoms with van der Waals surface area (Å²) in [6, 6.07) is 15.4. The van der Waals surface area contributed by atoms with Crippen molar-refractivity contribution in [1.82, 2.24) is 10.1 Å². The number of carbonyl (C=O) groups is 1. The first-order valence-corrected chi connectivity index (χ1v) is 8.62. The number of fused-ring (bicyclic) bond motifs is 1. The summed E-state index contributed by atoms with van der Waals surface area (Å²) in [4.78, 5) is 21.4. The molecule has 6 heteroatoms. The Labute approximate surface area is 152 Å². The number of para-hydroxylation sites is 2. The van der Waals surface area contributed by atoms with Gasteiger partial charge in [0.25, 0.3) is 5.91 Å². The zero-order valence-electron chi connectivity index (χ0n) is 14.8. The molecule has 0 bridgehead atoms. The molecule has 0 saturated heterocycles. The van der Waals surface area contributed by atoms with Gasteiger partial charge >= 0.3 is 0 Å². The second-order valence-electron chi connectivity index (χ2n) is 6.72. The Morgan fingerprint density at radius 2 is 1.81 bits per heavy atom. The van der Waals surface area contributed by atoms with Crippen LogP contribution in [0.1, 0.15) is 17.3 Å². The molecule has 2 aromatic carbocycles. The van der Waals surface area contributed by atoms with Gasteiger partial charge in [-0.05, 0) is 30.2 Å². The molecule has 132 valence electrons. The molecule has 6 nitrogen and oxygen atoms in total. The van der Waals surface area contributed by atoms with Crippen molar-refractivity contribution < 1.29 is 9.32 Å². The number of hydrogen-bond donors (Lipinski definition) is 0. The molecule has 0 N–H and O–H groups in total. The van der Waals surface area contributed by atoms with Crippen LogP contribution in [-0.4, -0.2) is 36.2 Å². The number of carbonyl (C=O) groups excluding carboxylic acids is 1. The van der Waals surface area contributed by atoms with Gasteiger partial charge in [-0.1, -0.05) is 36.3 Å². The van der Waals surface area contributed by atoms with Crippen LogP contribution in [0.15, 0.2) is 59.4 Å². The molecule has 4 rings (SSSR count). The van der Waals surface area contributed by atoms with Crippen LogP contribution in [0.4, 0.5) is 11.4 Å². The van der Waals surface area contributed by atoms with Crippen molar-refractivity contribution in [2.75, 3.05) is 29.9 Å². The fraction of sp³-hybridized carbons (Fsp3) is 0.250. The highest BCUT2D eigenvalue weighted by Gasteiger charge is 2.27. The van der Waals surface area contributed by atoms with Crippen LogP contribution in [0.5, 0.6) is 0 Å². The Morgan fingerprint density at radius 1 is 1.08 bits per heavy atom. The SMILES string of the molecule is C[C@H]1CN(C)c2ccccc2N(C(=O)c2ccc(-c3ncon3)cc2)C1. The molecule has 0 radical (unpaired) electrons. The first-order valence-electron chi connectivity index (χ1n) is 8.62. The summed E-state index contributed by atoms with van der Waals surface area (Å²) in [7, 11) is 2.07. The van der Waals surface area contributed by atoms with Gasteiger partial charge in [-0.25, -0.2) is 0 Å². The molecule has 1 amide bonds. The molecule has 0 spiro atoms. The lowest BCUT2D eigenvalue weighted by Gasteiger charge is -2.24. The van der Waals surface area contributed by atoms with E-state index < -0.39 is 0 Å². The summed E-state index contributed by atoms with van der Waals surface area (Å²) in [5, 5.41) is 3.82. The van der Waals surface area contributed by atoms with E-state index in [0.717, 1.165) is 23.5 Å². The fourth-order valence-corrected chi connectivity index (χ4v) is 3.46. The molecule has 1 aliphatic rings. The van der Waals surface area contributed by atoms with Crippen LogP contribution in [-0.2, 0) is 0 Å². The Morgan fingerprint density at radius 3 is 2.50 bits per heavy atom. The van der Waals surface area contributed by atoms with E-state index in [1.54, 1.807) is 0 Å². The topological polar surface area (TPSA) is 62.5 Å². The molecule has 0 saturated carbocycles. The van der Waals surface area contributed by atoms with Gasteiger partial charge in [0.2, 0.25) is 12.2 Å². The Hall–Kier alpha value is -3.15. The smallest absolute Gasteiger partial charge is 0.258 e. The minimum Gasteiger partial charge on any atom is -0.373 e. The van der Waals surface area contributed by atoms with Crippen LogP contribution in [0.2, 0.25) is 0 Å². The summed E-state index contributed by atoms with van der Waals surface area (Å²) in [6.07, 6.45) is 1.29. The largest absolute Gasteiger partial charge is 0.373 e. The average Bonchev–Trinajstić information content (AvgIpc) is 3.16. The number of aromatic nitrogens is 2. The maximum Gasteiger partial charge on any atom is 0.258 e. The fourth-order valence-electron chi connectivity index (χ4n) is 3.46. The van der Waals surface area contributed by atoms with Crippen LogP contribution >= 0.6 is 0 Å². The second-order valence-corrected chi connectivity index (χ2v) is 6.72. The van der Waals surface area contributed by atoms with Gasteiger partial charge < -0.3 is 14.3 Å². The van der Waals surface area contributed by atoms with E-state index in [1.165, 1.54) is 6.39 Å². The van der Waals surface area contributed by atoms with Gasteiger partial charge in [-0.15, -0.1) is 0 Å². The second kappa shape index (κ2) is 6.63. The number of hydrogen-bond acceptors (Lipinski definition) is 5. The molecule has 0 fully saturated rings. The molecular formula is C20H20N4O2. The Balaban J connectivity index is 1.67. The third kappa shape index (κ3) is 2.94. The zero-order chi connectivity index (χ0) is 18.1. The van der Waals surface area contributed by atoms with Crippen LogP contribution in [0.25, 0.3) is 11.4 Å². The summed E-state index contributed by atoms with van der Waals surface area (Å²) >= 11 is 0. The predicted octanol–water partition coefficient (Wildman–Crippen LogP) is 3.47. The number of rotatable bonds is 2. The highest BCUT2D eigenvalue weighted by Crippen LogP contribution is 2.33. The zero-order valence-corrected chi connectivity index (χ0v) is 14.8. The Kier molecular flexibility index (Phi) is 4.16. The highest BCUT2D eigenvalue weighted by atomic mass is 16.5. The first kappa shape index (κ1) is 16.3. The van der Waals surface area contributed by atoms with Crippen molar-refractivity contribution in [2.24, 2.45) is 5.92 Å². The molecule has 1 aliphatic heterocycles. The van der Waals surface area contributed by atoms with E-state index in [4.69, 9.17) is 4.52 Å². The van der Waals surface area contributed by atoms with Gasteiger partial charge in [-0.2, -0.15) is 4.98 Å². The minimum atomic E-state index is -0.000683. The van der Waals surface area contributed by atoms with E-state index >= 15 is 0 Å². The number of nitrogens with zero attached hydrogens (tertiary/aromatic N) is 4. The maximum absolute atomic E-state index is 13.2. The lowest BCUT2D eigenvalue weighted by atomic mass is 10.1. The third-order valence-corrected chi connectivity index (χ3v) is 4.66. The van der Waals surface area contributed by atoms with Crippen molar-refractivity contribution in [2.45, 2.75) is 6.92 Å². The number of benzene rings is 2. The van der Waals surface area contributed by atoms with Crippen LogP contribution < -0.4 is 9.80 Å². The van der Waals surface area contributed by atoms with Gasteiger partial charge in [0.05, 0.1) is 11.4 Å². The van der Waals surface area contributed by atoms with E-state index in [-0.39, 0.29) is 5.91 Å². The van der Waals surface area contributed by atoms with E-state index in [9.17, 15) is 4.79 Å². The normalized spacial score (nSPS) is 16.9. The van der Waals surface area contributed by atoms with Crippen molar-refractivity contribution >= 4 is 17.3 Å². The van der Waals surface area contributed by atoms with E-state index in [1.807, 2.05) is 47.4 Å². The molecular weight excluding hydrogens is 328 g/mol. The highest BCUT2D eigenvalue weighted by molar-refractivity contribution is 6.08. The summed E-state index contributed by atoms with van der Waals surface area (Å²) in [5.41, 5.74) is 3.49. The van der Waals surface area contributed by atoms with Crippen LogP contribution in [0, 0.1) is 5.92 Å². The lowest BCUT2D eigenvalue weighted by Crippen LogP contribution is -2.34. The van der Waals surface area contributed by atoms with Gasteiger partial charge in [0.15, 0.2) is 0 Å². The quantitative estimate of drug-likeness (QED) is 0.710. The van der Waals surface area contributed by atoms with Gasteiger partial charge in [0.1, 0.15) is 0 Å². The average molecular weight is 348 g/mol. The predicted molar refractivity (Wildman–Crippen MR) is 100 cm³/mol. The van der Waals surface area contributed by atoms with Crippen molar-refractivity contribution in [3.05, 3.63) is 60.5 Å². The molecule has 26 heavy (non-hydrogen) atoms. The molecule has 0 unspecified atom stereocenters. The number of anilines is 2. The van der Waals surface area contributed by atoms with Crippen molar-refractivity contribution in [3.8, 4) is 11.4 Å². The molecule has 1 aromatic heterocycles. The van der Waals surface area contributed by atoms with E-state index in [0.29, 0.717) is 23.9 Å². The van der Waals surface area contributed by atoms with E-state index in [2.05, 4.69) is 35.1 Å². The summed E-state index contributed by atoms with van der Waals surface area (Å²) in [5.74, 6) is 0.883. The minimum absolute atomic E-state index is 0.000683. The lowest BCUT2D eigenvalue weighted by molar-refractivity contribution is 0.0984. The van der Waals surface area contributed by atoms with Gasteiger partial charge in [0, 0.05) is 31.3 Å². The monoisotopic (exact) mass is 348 g/mol. The van der Waals surface area contributed by atoms with Crippen LogP contribution in [0.3, 0.4) is 0 Å². The summed E-state index contributed by atoms with van der Waals surface area (Å²) < 4.78 is 4.78. The molecule has 0 aliphatic carbocycles. The Bertz CT molecular complexity index is 906. The van der Waals surface area contributed by atoms with Crippen molar-refractivity contribution in [3.63, 3.8) is 0 Å². The first-order chi connectivity index (χ1) is 12.6. The van der Waals surface area contributed by atoms with Crippen molar-refractivity contribution in [1.29, 1.82) is 0 Å². The molecule has 1 atom stereocenters.